The van der Waals surface area contributed by atoms with E-state index in [-0.39, 0.29) is 12.1 Å². The Labute approximate surface area is 120 Å². The highest BCUT2D eigenvalue weighted by Gasteiger charge is 2.34. The van der Waals surface area contributed by atoms with Crippen LogP contribution in [0.15, 0.2) is 23.1 Å². The molecule has 0 aromatic heterocycles. The van der Waals surface area contributed by atoms with Crippen LogP contribution in [0.1, 0.15) is 17.5 Å². The molecule has 0 fully saturated rings. The lowest BCUT2D eigenvalue weighted by atomic mass is 10.1. The van der Waals surface area contributed by atoms with Crippen molar-refractivity contribution in [1.29, 1.82) is 0 Å². The Morgan fingerprint density at radius 2 is 1.90 bits per heavy atom. The lowest BCUT2D eigenvalue weighted by molar-refractivity contribution is -0.138. The topological polar surface area (TPSA) is 74.7 Å². The third kappa shape index (κ3) is 4.18. The number of halogens is 3. The third-order valence-electron chi connectivity index (χ3n) is 2.86. The summed E-state index contributed by atoms with van der Waals surface area (Å²) in [6, 6.07) is 2.69. The van der Waals surface area contributed by atoms with Gasteiger partial charge in [0.15, 0.2) is 0 Å². The fourth-order valence-electron chi connectivity index (χ4n) is 1.62. The van der Waals surface area contributed by atoms with Crippen molar-refractivity contribution < 1.29 is 31.5 Å². The average Bonchev–Trinajstić information content (AvgIpc) is 2.34. The molecule has 0 spiro atoms. The number of hydrogen-bond acceptors (Lipinski definition) is 3. The number of rotatable bonds is 5. The van der Waals surface area contributed by atoms with E-state index in [1.807, 2.05) is 0 Å². The van der Waals surface area contributed by atoms with Crippen LogP contribution in [0.25, 0.3) is 0 Å². The molecular formula is C12H14F3NO4S. The van der Waals surface area contributed by atoms with Gasteiger partial charge in [0.05, 0.1) is 16.9 Å². The second-order valence-corrected chi connectivity index (χ2v) is 6.49. The van der Waals surface area contributed by atoms with Gasteiger partial charge in [-0.3, -0.25) is 4.79 Å². The maximum absolute atomic E-state index is 12.8. The molecule has 1 N–H and O–H groups in total. The van der Waals surface area contributed by atoms with Crippen LogP contribution in [0.4, 0.5) is 13.2 Å². The van der Waals surface area contributed by atoms with Gasteiger partial charge in [-0.2, -0.15) is 13.2 Å². The molecule has 0 amide bonds. The van der Waals surface area contributed by atoms with Gasteiger partial charge in [-0.05, 0) is 24.6 Å². The molecule has 0 unspecified atom stereocenters. The fourth-order valence-corrected chi connectivity index (χ4v) is 2.82. The average molecular weight is 325 g/mol. The lowest BCUT2D eigenvalue weighted by Crippen LogP contribution is -2.29. The van der Waals surface area contributed by atoms with Gasteiger partial charge >= 0.3 is 12.1 Å². The van der Waals surface area contributed by atoms with E-state index in [1.165, 1.54) is 6.92 Å². The maximum atomic E-state index is 12.8. The molecule has 0 bridgehead atoms. The Morgan fingerprint density at radius 1 is 1.33 bits per heavy atom. The van der Waals surface area contributed by atoms with Crippen LogP contribution in [0, 0.1) is 6.92 Å². The number of nitrogens with zero attached hydrogens (tertiary/aromatic N) is 1. The SMILES string of the molecule is Cc1ccc(S(=O)(=O)N(C)CCC(=O)O)cc1C(F)(F)F. The van der Waals surface area contributed by atoms with Crippen molar-refractivity contribution in [3.05, 3.63) is 29.3 Å². The normalized spacial score (nSPS) is 12.7. The van der Waals surface area contributed by atoms with Crippen molar-refractivity contribution in [3.63, 3.8) is 0 Å². The third-order valence-corrected chi connectivity index (χ3v) is 4.72. The number of carboxylic acid groups (broad SMARTS) is 1. The zero-order valence-electron chi connectivity index (χ0n) is 11.3. The highest BCUT2D eigenvalue weighted by Crippen LogP contribution is 2.33. The Bertz CT molecular complexity index is 640. The molecule has 0 aliphatic rings. The fraction of sp³-hybridized carbons (Fsp3) is 0.417. The minimum Gasteiger partial charge on any atom is -0.481 e. The molecule has 5 nitrogen and oxygen atoms in total. The molecule has 0 atom stereocenters. The first-order chi connectivity index (χ1) is 9.46. The maximum Gasteiger partial charge on any atom is 0.416 e. The number of alkyl halides is 3. The van der Waals surface area contributed by atoms with E-state index in [2.05, 4.69) is 0 Å². The predicted octanol–water partition coefficient (Wildman–Crippen LogP) is 2.11. The van der Waals surface area contributed by atoms with Crippen molar-refractivity contribution in [2.24, 2.45) is 0 Å². The zero-order valence-corrected chi connectivity index (χ0v) is 12.1. The Hall–Kier alpha value is -1.61. The van der Waals surface area contributed by atoms with Gasteiger partial charge in [0.1, 0.15) is 0 Å². The van der Waals surface area contributed by atoms with E-state index in [4.69, 9.17) is 5.11 Å². The minimum absolute atomic E-state index is 0.0883. The smallest absolute Gasteiger partial charge is 0.416 e. The molecular weight excluding hydrogens is 311 g/mol. The Morgan fingerprint density at radius 3 is 2.38 bits per heavy atom. The second kappa shape index (κ2) is 6.02. The number of hydrogen-bond donors (Lipinski definition) is 1. The van der Waals surface area contributed by atoms with Crippen LogP contribution in [-0.2, 0) is 21.0 Å². The number of aliphatic carboxylic acids is 1. The molecule has 0 aliphatic heterocycles. The Kier molecular flexibility index (Phi) is 5.00. The molecule has 1 aromatic rings. The summed E-state index contributed by atoms with van der Waals surface area (Å²) in [6.45, 7) is 0.903. The lowest BCUT2D eigenvalue weighted by Gasteiger charge is -2.18. The van der Waals surface area contributed by atoms with Crippen LogP contribution in [0.2, 0.25) is 0 Å². The zero-order chi connectivity index (χ0) is 16.4. The highest BCUT2D eigenvalue weighted by atomic mass is 32.2. The van der Waals surface area contributed by atoms with E-state index < -0.39 is 39.0 Å². The van der Waals surface area contributed by atoms with Crippen molar-refractivity contribution in [2.75, 3.05) is 13.6 Å². The number of benzene rings is 1. The summed E-state index contributed by atoms with van der Waals surface area (Å²) in [4.78, 5) is 9.91. The number of carbonyl (C=O) groups is 1. The molecule has 0 saturated heterocycles. The Balaban J connectivity index is 3.18. The van der Waals surface area contributed by atoms with Crippen molar-refractivity contribution in [1.82, 2.24) is 4.31 Å². The van der Waals surface area contributed by atoms with Gasteiger partial charge < -0.3 is 5.11 Å². The van der Waals surface area contributed by atoms with Gasteiger partial charge in [-0.15, -0.1) is 0 Å². The molecule has 9 heteroatoms. The largest absolute Gasteiger partial charge is 0.481 e. The summed E-state index contributed by atoms with van der Waals surface area (Å²) in [5.74, 6) is -1.20. The van der Waals surface area contributed by atoms with Crippen molar-refractivity contribution >= 4 is 16.0 Å². The quantitative estimate of drug-likeness (QED) is 0.900. The predicted molar refractivity (Wildman–Crippen MR) is 68.2 cm³/mol. The minimum atomic E-state index is -4.66. The monoisotopic (exact) mass is 325 g/mol. The van der Waals surface area contributed by atoms with E-state index in [0.29, 0.717) is 10.4 Å². The van der Waals surface area contributed by atoms with Gasteiger partial charge in [-0.25, -0.2) is 12.7 Å². The van der Waals surface area contributed by atoms with Crippen LogP contribution in [-0.4, -0.2) is 37.4 Å². The van der Waals surface area contributed by atoms with Gasteiger partial charge in [-0.1, -0.05) is 6.07 Å². The molecule has 1 rings (SSSR count). The summed E-state index contributed by atoms with van der Waals surface area (Å²) in [6.07, 6.45) is -5.09. The van der Waals surface area contributed by atoms with Gasteiger partial charge in [0.2, 0.25) is 10.0 Å². The first-order valence-electron chi connectivity index (χ1n) is 5.82. The second-order valence-electron chi connectivity index (χ2n) is 4.44. The van der Waals surface area contributed by atoms with Crippen molar-refractivity contribution in [3.8, 4) is 0 Å². The van der Waals surface area contributed by atoms with Crippen LogP contribution < -0.4 is 0 Å². The number of aryl methyl sites for hydroxylation is 1. The summed E-state index contributed by atoms with van der Waals surface area (Å²) in [7, 11) is -3.05. The molecule has 0 heterocycles. The van der Waals surface area contributed by atoms with Crippen LogP contribution >= 0.6 is 0 Å². The molecule has 1 aromatic carbocycles. The van der Waals surface area contributed by atoms with Gasteiger partial charge in [0, 0.05) is 13.6 Å². The standard InChI is InChI=1S/C12H14F3NO4S/c1-8-3-4-9(7-10(8)12(13,14)15)21(19,20)16(2)6-5-11(17)18/h3-4,7H,5-6H2,1-2H3,(H,17,18). The molecule has 0 saturated carbocycles. The molecule has 21 heavy (non-hydrogen) atoms. The van der Waals surface area contributed by atoms with Crippen LogP contribution in [0.3, 0.4) is 0 Å². The summed E-state index contributed by atoms with van der Waals surface area (Å²) in [5.41, 5.74) is -1.12. The van der Waals surface area contributed by atoms with Crippen molar-refractivity contribution in [2.45, 2.75) is 24.4 Å². The first-order valence-corrected chi connectivity index (χ1v) is 7.26. The summed E-state index contributed by atoms with van der Waals surface area (Å²) >= 11 is 0. The first kappa shape index (κ1) is 17.4. The molecule has 0 aliphatic carbocycles. The van der Waals surface area contributed by atoms with E-state index in [0.717, 1.165) is 19.2 Å². The van der Waals surface area contributed by atoms with E-state index in [9.17, 15) is 26.4 Å². The highest BCUT2D eigenvalue weighted by molar-refractivity contribution is 7.89. The van der Waals surface area contributed by atoms with Crippen LogP contribution in [0.5, 0.6) is 0 Å². The molecule has 118 valence electrons. The van der Waals surface area contributed by atoms with Gasteiger partial charge in [0.25, 0.3) is 0 Å². The summed E-state index contributed by atoms with van der Waals surface area (Å²) in [5, 5.41) is 8.52. The van der Waals surface area contributed by atoms with E-state index in [1.54, 1.807) is 0 Å². The number of sulfonamides is 1. The number of carboxylic acids is 1. The summed E-state index contributed by atoms with van der Waals surface area (Å²) < 4.78 is 63.3. The van der Waals surface area contributed by atoms with E-state index >= 15 is 0 Å². The molecule has 0 radical (unpaired) electrons.